The molecule has 2 rings (SSSR count). The predicted molar refractivity (Wildman–Crippen MR) is 67.0 cm³/mol. The lowest BCUT2D eigenvalue weighted by Crippen LogP contribution is -2.16. The molecule has 0 heterocycles. The van der Waals surface area contributed by atoms with Crippen molar-refractivity contribution in [2.45, 2.75) is 6.42 Å². The largest absolute Gasteiger partial charge is 0.481 e. The van der Waals surface area contributed by atoms with Crippen molar-refractivity contribution in [3.8, 4) is 0 Å². The fraction of sp³-hybridized carbons (Fsp3) is 0.273. The van der Waals surface area contributed by atoms with Crippen LogP contribution in [0.3, 0.4) is 0 Å². The van der Waals surface area contributed by atoms with Gasteiger partial charge in [-0.25, -0.2) is 0 Å². The summed E-state index contributed by atoms with van der Waals surface area (Å²) in [6, 6.07) is 7.38. The summed E-state index contributed by atoms with van der Waals surface area (Å²) in [5.74, 6) is -1.95. The van der Waals surface area contributed by atoms with Crippen LogP contribution in [-0.2, 0) is 9.59 Å². The van der Waals surface area contributed by atoms with Crippen LogP contribution >= 0.6 is 22.6 Å². The van der Waals surface area contributed by atoms with Crippen molar-refractivity contribution in [1.29, 1.82) is 0 Å². The summed E-state index contributed by atoms with van der Waals surface area (Å²) in [4.78, 5) is 22.2. The number of rotatable bonds is 3. The van der Waals surface area contributed by atoms with E-state index in [4.69, 9.17) is 5.11 Å². The summed E-state index contributed by atoms with van der Waals surface area (Å²) in [6.07, 6.45) is 0.450. The van der Waals surface area contributed by atoms with Gasteiger partial charge in [0.05, 0.1) is 11.8 Å². The lowest BCUT2D eigenvalue weighted by Gasteiger charge is -2.03. The second kappa shape index (κ2) is 4.40. The number of carboxylic acids is 1. The first kappa shape index (κ1) is 11.4. The zero-order valence-corrected chi connectivity index (χ0v) is 10.5. The van der Waals surface area contributed by atoms with Gasteiger partial charge in [-0.2, -0.15) is 0 Å². The Bertz CT molecular complexity index is 429. The van der Waals surface area contributed by atoms with Crippen LogP contribution < -0.4 is 5.32 Å². The van der Waals surface area contributed by atoms with Gasteiger partial charge in [0, 0.05) is 9.26 Å². The first-order chi connectivity index (χ1) is 7.58. The lowest BCUT2D eigenvalue weighted by molar-refractivity contribution is -0.139. The van der Waals surface area contributed by atoms with E-state index in [1.807, 2.05) is 12.1 Å². The molecule has 1 aromatic rings. The molecule has 1 amide bonds. The van der Waals surface area contributed by atoms with Crippen molar-refractivity contribution in [2.75, 3.05) is 5.32 Å². The van der Waals surface area contributed by atoms with Gasteiger partial charge in [-0.3, -0.25) is 9.59 Å². The van der Waals surface area contributed by atoms with Gasteiger partial charge in [-0.1, -0.05) is 0 Å². The smallest absolute Gasteiger partial charge is 0.307 e. The Morgan fingerprint density at radius 2 is 1.88 bits per heavy atom. The fourth-order valence-corrected chi connectivity index (χ4v) is 1.89. The summed E-state index contributed by atoms with van der Waals surface area (Å²) >= 11 is 2.18. The quantitative estimate of drug-likeness (QED) is 0.832. The fourth-order valence-electron chi connectivity index (χ4n) is 1.53. The highest BCUT2D eigenvalue weighted by atomic mass is 127. The highest BCUT2D eigenvalue weighted by Crippen LogP contribution is 2.39. The van der Waals surface area contributed by atoms with Gasteiger partial charge in [0.15, 0.2) is 0 Å². The number of carbonyl (C=O) groups is 2. The molecule has 0 aromatic heterocycles. The summed E-state index contributed by atoms with van der Waals surface area (Å²) in [6.45, 7) is 0. The zero-order chi connectivity index (χ0) is 11.7. The monoisotopic (exact) mass is 331 g/mol. The van der Waals surface area contributed by atoms with E-state index in [9.17, 15) is 9.59 Å². The molecule has 1 aromatic carbocycles. The Labute approximate surface area is 106 Å². The number of halogens is 1. The maximum Gasteiger partial charge on any atom is 0.307 e. The highest BCUT2D eigenvalue weighted by molar-refractivity contribution is 14.1. The minimum Gasteiger partial charge on any atom is -0.481 e. The summed E-state index contributed by atoms with van der Waals surface area (Å²) in [5, 5.41) is 11.4. The van der Waals surface area contributed by atoms with E-state index in [0.29, 0.717) is 12.1 Å². The Kier molecular flexibility index (Phi) is 3.13. The highest BCUT2D eigenvalue weighted by Gasteiger charge is 2.48. The van der Waals surface area contributed by atoms with Crippen molar-refractivity contribution in [3.63, 3.8) is 0 Å². The number of hydrogen-bond acceptors (Lipinski definition) is 2. The number of carbonyl (C=O) groups excluding carboxylic acids is 1. The summed E-state index contributed by atoms with van der Waals surface area (Å²) in [7, 11) is 0. The molecule has 2 unspecified atom stereocenters. The zero-order valence-electron chi connectivity index (χ0n) is 8.31. The van der Waals surface area contributed by atoms with Crippen molar-refractivity contribution >= 4 is 40.2 Å². The average Bonchev–Trinajstić information content (AvgIpc) is 3.01. The number of hydrogen-bond donors (Lipinski definition) is 2. The Morgan fingerprint density at radius 3 is 2.38 bits per heavy atom. The van der Waals surface area contributed by atoms with E-state index < -0.39 is 11.9 Å². The molecule has 5 heteroatoms. The number of benzene rings is 1. The van der Waals surface area contributed by atoms with Gasteiger partial charge < -0.3 is 10.4 Å². The van der Waals surface area contributed by atoms with Crippen LogP contribution in [0, 0.1) is 15.4 Å². The van der Waals surface area contributed by atoms with Crippen LogP contribution in [0.25, 0.3) is 0 Å². The molecule has 16 heavy (non-hydrogen) atoms. The molecule has 2 atom stereocenters. The number of amides is 1. The minimum absolute atomic E-state index is 0.200. The second-order valence-corrected chi connectivity index (χ2v) is 5.03. The van der Waals surface area contributed by atoms with Crippen molar-refractivity contribution in [2.24, 2.45) is 11.8 Å². The van der Waals surface area contributed by atoms with Crippen LogP contribution in [0.2, 0.25) is 0 Å². The van der Waals surface area contributed by atoms with Gasteiger partial charge in [-0.05, 0) is 53.3 Å². The van der Waals surface area contributed by atoms with Gasteiger partial charge >= 0.3 is 5.97 Å². The molecule has 4 nitrogen and oxygen atoms in total. The van der Waals surface area contributed by atoms with Crippen LogP contribution in [0.1, 0.15) is 6.42 Å². The third-order valence-corrected chi connectivity index (χ3v) is 3.28. The van der Waals surface area contributed by atoms with Crippen LogP contribution in [0.5, 0.6) is 0 Å². The molecule has 1 saturated carbocycles. The Morgan fingerprint density at radius 1 is 1.25 bits per heavy atom. The molecule has 0 aliphatic heterocycles. The molecule has 2 N–H and O–H groups in total. The maximum absolute atomic E-state index is 11.6. The maximum atomic E-state index is 11.6. The van der Waals surface area contributed by atoms with E-state index in [-0.39, 0.29) is 11.8 Å². The van der Waals surface area contributed by atoms with Crippen LogP contribution in [0.15, 0.2) is 24.3 Å². The van der Waals surface area contributed by atoms with E-state index >= 15 is 0 Å². The molecule has 0 bridgehead atoms. The van der Waals surface area contributed by atoms with Crippen LogP contribution in [0.4, 0.5) is 5.69 Å². The Balaban J connectivity index is 1.94. The number of carboxylic acid groups (broad SMARTS) is 1. The molecule has 84 valence electrons. The van der Waals surface area contributed by atoms with Gasteiger partial charge in [-0.15, -0.1) is 0 Å². The van der Waals surface area contributed by atoms with E-state index in [0.717, 1.165) is 3.57 Å². The normalized spacial score (nSPS) is 22.6. The molecule has 0 saturated heterocycles. The topological polar surface area (TPSA) is 66.4 Å². The first-order valence-corrected chi connectivity index (χ1v) is 5.95. The van der Waals surface area contributed by atoms with Crippen molar-refractivity contribution in [3.05, 3.63) is 27.8 Å². The first-order valence-electron chi connectivity index (χ1n) is 4.87. The molecular formula is C11H10INO3. The van der Waals surface area contributed by atoms with Gasteiger partial charge in [0.1, 0.15) is 0 Å². The number of anilines is 1. The van der Waals surface area contributed by atoms with Gasteiger partial charge in [0.2, 0.25) is 5.91 Å². The molecule has 0 radical (unpaired) electrons. The minimum atomic E-state index is -0.886. The SMILES string of the molecule is O=C(O)C1CC1C(=O)Nc1ccc(I)cc1. The lowest BCUT2D eigenvalue weighted by atomic mass is 10.2. The predicted octanol–water partition coefficient (Wildman–Crippen LogP) is 1.95. The Hall–Kier alpha value is -1.11. The third kappa shape index (κ3) is 2.52. The third-order valence-electron chi connectivity index (χ3n) is 2.56. The van der Waals surface area contributed by atoms with E-state index in [1.165, 1.54) is 0 Å². The molecule has 1 fully saturated rings. The van der Waals surface area contributed by atoms with E-state index in [1.54, 1.807) is 12.1 Å². The standard InChI is InChI=1S/C11H10INO3/c12-6-1-3-7(4-2-6)13-10(14)8-5-9(8)11(15)16/h1-4,8-9H,5H2,(H,13,14)(H,15,16). The van der Waals surface area contributed by atoms with Crippen LogP contribution in [-0.4, -0.2) is 17.0 Å². The van der Waals surface area contributed by atoms with E-state index in [2.05, 4.69) is 27.9 Å². The molecule has 1 aliphatic carbocycles. The van der Waals surface area contributed by atoms with Crippen molar-refractivity contribution in [1.82, 2.24) is 0 Å². The summed E-state index contributed by atoms with van der Waals surface area (Å²) in [5.41, 5.74) is 0.710. The number of aliphatic carboxylic acids is 1. The summed E-state index contributed by atoms with van der Waals surface area (Å²) < 4.78 is 1.09. The number of nitrogens with one attached hydrogen (secondary N) is 1. The average molecular weight is 331 g/mol. The molecular weight excluding hydrogens is 321 g/mol. The van der Waals surface area contributed by atoms with Gasteiger partial charge in [0.25, 0.3) is 0 Å². The molecule has 0 spiro atoms. The second-order valence-electron chi connectivity index (χ2n) is 3.78. The molecule has 1 aliphatic rings. The van der Waals surface area contributed by atoms with Crippen molar-refractivity contribution < 1.29 is 14.7 Å².